The van der Waals surface area contributed by atoms with Crippen LogP contribution in [0.2, 0.25) is 0 Å². The number of rotatable bonds is 2. The van der Waals surface area contributed by atoms with E-state index >= 15 is 0 Å². The Kier molecular flexibility index (Phi) is 2.65. The summed E-state index contributed by atoms with van der Waals surface area (Å²) in [5, 5.41) is 0. The van der Waals surface area contributed by atoms with E-state index in [4.69, 9.17) is 10.5 Å². The fourth-order valence-electron chi connectivity index (χ4n) is 1.35. The molecule has 3 heteroatoms. The summed E-state index contributed by atoms with van der Waals surface area (Å²) in [6.07, 6.45) is 0. The van der Waals surface area contributed by atoms with Gasteiger partial charge in [0.15, 0.2) is 0 Å². The first kappa shape index (κ1) is 7.98. The average molecular weight is 144 g/mol. The second kappa shape index (κ2) is 3.32. The summed E-state index contributed by atoms with van der Waals surface area (Å²) in [5.74, 6) is 0.633. The van der Waals surface area contributed by atoms with Crippen LogP contribution >= 0.6 is 0 Å². The topological polar surface area (TPSA) is 38.5 Å². The molecular formula is C7H16N2O. The van der Waals surface area contributed by atoms with Gasteiger partial charge < -0.3 is 10.5 Å². The van der Waals surface area contributed by atoms with Gasteiger partial charge >= 0.3 is 0 Å². The molecular weight excluding hydrogens is 128 g/mol. The molecule has 0 amide bonds. The van der Waals surface area contributed by atoms with Gasteiger partial charge in [-0.2, -0.15) is 0 Å². The highest BCUT2D eigenvalue weighted by molar-refractivity contribution is 4.78. The van der Waals surface area contributed by atoms with Gasteiger partial charge in [0.1, 0.15) is 0 Å². The molecule has 0 spiro atoms. The van der Waals surface area contributed by atoms with Crippen LogP contribution in [0.3, 0.4) is 0 Å². The SMILES string of the molecule is CC1COCC1N(C)CN. The zero-order valence-corrected chi connectivity index (χ0v) is 6.71. The minimum atomic E-state index is 0.532. The van der Waals surface area contributed by atoms with Crippen LogP contribution in [0.15, 0.2) is 0 Å². The number of likely N-dealkylation sites (N-methyl/N-ethyl adjacent to an activating group) is 1. The Morgan fingerprint density at radius 3 is 2.70 bits per heavy atom. The van der Waals surface area contributed by atoms with Crippen molar-refractivity contribution >= 4 is 0 Å². The molecule has 1 aliphatic heterocycles. The first-order valence-corrected chi connectivity index (χ1v) is 3.73. The quantitative estimate of drug-likeness (QED) is 0.549. The van der Waals surface area contributed by atoms with Crippen LogP contribution in [0.5, 0.6) is 0 Å². The monoisotopic (exact) mass is 144 g/mol. The zero-order valence-electron chi connectivity index (χ0n) is 6.71. The molecule has 0 aromatic carbocycles. The summed E-state index contributed by atoms with van der Waals surface area (Å²) in [5.41, 5.74) is 5.48. The van der Waals surface area contributed by atoms with Gasteiger partial charge in [-0.3, -0.25) is 4.90 Å². The third-order valence-electron chi connectivity index (χ3n) is 2.18. The van der Waals surface area contributed by atoms with Gasteiger partial charge in [0.25, 0.3) is 0 Å². The van der Waals surface area contributed by atoms with Crippen LogP contribution in [0.1, 0.15) is 6.92 Å². The second-order valence-corrected chi connectivity index (χ2v) is 3.02. The van der Waals surface area contributed by atoms with Crippen LogP contribution in [0, 0.1) is 5.92 Å². The van der Waals surface area contributed by atoms with E-state index < -0.39 is 0 Å². The molecule has 2 atom stereocenters. The van der Waals surface area contributed by atoms with E-state index in [9.17, 15) is 0 Å². The van der Waals surface area contributed by atoms with Gasteiger partial charge in [-0.1, -0.05) is 6.92 Å². The molecule has 1 heterocycles. The molecule has 1 saturated heterocycles. The minimum absolute atomic E-state index is 0.532. The van der Waals surface area contributed by atoms with Gasteiger partial charge in [-0.05, 0) is 13.0 Å². The lowest BCUT2D eigenvalue weighted by atomic mass is 10.1. The number of ether oxygens (including phenoxy) is 1. The molecule has 1 rings (SSSR count). The maximum absolute atomic E-state index is 5.48. The van der Waals surface area contributed by atoms with Crippen molar-refractivity contribution in [2.75, 3.05) is 26.9 Å². The largest absolute Gasteiger partial charge is 0.379 e. The molecule has 0 radical (unpaired) electrons. The number of hydrogen-bond donors (Lipinski definition) is 1. The summed E-state index contributed by atoms with van der Waals surface area (Å²) in [6.45, 7) is 4.55. The van der Waals surface area contributed by atoms with E-state index in [1.165, 1.54) is 0 Å². The van der Waals surface area contributed by atoms with Crippen LogP contribution in [-0.2, 0) is 4.74 Å². The van der Waals surface area contributed by atoms with Crippen molar-refractivity contribution in [1.29, 1.82) is 0 Å². The predicted octanol–water partition coefficient (Wildman–Crippen LogP) is -0.131. The Morgan fingerprint density at radius 1 is 1.60 bits per heavy atom. The van der Waals surface area contributed by atoms with Crippen LogP contribution < -0.4 is 5.73 Å². The highest BCUT2D eigenvalue weighted by atomic mass is 16.5. The van der Waals surface area contributed by atoms with Gasteiger partial charge in [0.05, 0.1) is 13.2 Å². The lowest BCUT2D eigenvalue weighted by Crippen LogP contribution is -2.39. The highest BCUT2D eigenvalue weighted by Gasteiger charge is 2.26. The lowest BCUT2D eigenvalue weighted by molar-refractivity contribution is 0.160. The summed E-state index contributed by atoms with van der Waals surface area (Å²) < 4.78 is 5.30. The minimum Gasteiger partial charge on any atom is -0.379 e. The van der Waals surface area contributed by atoms with Crippen LogP contribution in [0.4, 0.5) is 0 Å². The van der Waals surface area contributed by atoms with Gasteiger partial charge in [0.2, 0.25) is 0 Å². The molecule has 2 N–H and O–H groups in total. The van der Waals surface area contributed by atoms with Gasteiger partial charge in [0, 0.05) is 12.7 Å². The molecule has 10 heavy (non-hydrogen) atoms. The summed E-state index contributed by atoms with van der Waals surface area (Å²) in [6, 6.07) is 0.532. The number of nitrogens with zero attached hydrogens (tertiary/aromatic N) is 1. The normalized spacial score (nSPS) is 33.6. The van der Waals surface area contributed by atoms with E-state index in [1.54, 1.807) is 0 Å². The molecule has 1 aliphatic rings. The Balaban J connectivity index is 2.38. The molecule has 0 aliphatic carbocycles. The van der Waals surface area contributed by atoms with Gasteiger partial charge in [-0.25, -0.2) is 0 Å². The van der Waals surface area contributed by atoms with Crippen molar-refractivity contribution in [2.45, 2.75) is 13.0 Å². The Hall–Kier alpha value is -0.120. The standard InChI is InChI=1S/C7H16N2O/c1-6-3-10-4-7(6)9(2)5-8/h6-7H,3-5,8H2,1-2H3. The maximum Gasteiger partial charge on any atom is 0.0625 e. The fraction of sp³-hybridized carbons (Fsp3) is 1.00. The van der Waals surface area contributed by atoms with E-state index in [2.05, 4.69) is 11.8 Å². The zero-order chi connectivity index (χ0) is 7.56. The van der Waals surface area contributed by atoms with Crippen LogP contribution in [0.25, 0.3) is 0 Å². The van der Waals surface area contributed by atoms with Gasteiger partial charge in [-0.15, -0.1) is 0 Å². The third kappa shape index (κ3) is 1.48. The van der Waals surface area contributed by atoms with Crippen molar-refractivity contribution in [3.63, 3.8) is 0 Å². The van der Waals surface area contributed by atoms with Crippen molar-refractivity contribution in [1.82, 2.24) is 4.90 Å². The molecule has 3 nitrogen and oxygen atoms in total. The van der Waals surface area contributed by atoms with E-state index in [0.29, 0.717) is 18.6 Å². The Labute approximate surface area is 62.1 Å². The first-order valence-electron chi connectivity index (χ1n) is 3.73. The molecule has 60 valence electrons. The number of hydrogen-bond acceptors (Lipinski definition) is 3. The lowest BCUT2D eigenvalue weighted by Gasteiger charge is -2.23. The number of nitrogens with two attached hydrogens (primary N) is 1. The highest BCUT2D eigenvalue weighted by Crippen LogP contribution is 2.16. The van der Waals surface area contributed by atoms with Crippen molar-refractivity contribution in [2.24, 2.45) is 11.7 Å². The third-order valence-corrected chi connectivity index (χ3v) is 2.18. The van der Waals surface area contributed by atoms with E-state index in [1.807, 2.05) is 7.05 Å². The average Bonchev–Trinajstić information content (AvgIpc) is 2.34. The fourth-order valence-corrected chi connectivity index (χ4v) is 1.35. The molecule has 0 aromatic heterocycles. The molecule has 0 saturated carbocycles. The Morgan fingerprint density at radius 2 is 2.30 bits per heavy atom. The molecule has 0 aromatic rings. The second-order valence-electron chi connectivity index (χ2n) is 3.02. The predicted molar refractivity (Wildman–Crippen MR) is 40.6 cm³/mol. The van der Waals surface area contributed by atoms with E-state index in [-0.39, 0.29) is 0 Å². The summed E-state index contributed by atoms with van der Waals surface area (Å²) >= 11 is 0. The van der Waals surface area contributed by atoms with Crippen molar-refractivity contribution in [3.05, 3.63) is 0 Å². The maximum atomic E-state index is 5.48. The Bertz CT molecular complexity index is 108. The summed E-state index contributed by atoms with van der Waals surface area (Å²) in [7, 11) is 2.04. The first-order chi connectivity index (χ1) is 4.75. The van der Waals surface area contributed by atoms with Crippen molar-refractivity contribution in [3.8, 4) is 0 Å². The van der Waals surface area contributed by atoms with E-state index in [0.717, 1.165) is 13.2 Å². The summed E-state index contributed by atoms with van der Waals surface area (Å²) in [4.78, 5) is 2.14. The molecule has 2 unspecified atom stereocenters. The van der Waals surface area contributed by atoms with Crippen molar-refractivity contribution < 1.29 is 4.74 Å². The molecule has 0 bridgehead atoms. The molecule has 1 fully saturated rings. The van der Waals surface area contributed by atoms with Crippen LogP contribution in [-0.4, -0.2) is 37.9 Å². The smallest absolute Gasteiger partial charge is 0.0625 e.